The van der Waals surface area contributed by atoms with Crippen molar-refractivity contribution in [1.29, 1.82) is 0 Å². The number of para-hydroxylation sites is 1. The predicted octanol–water partition coefficient (Wildman–Crippen LogP) is 4.66. The zero-order valence-electron chi connectivity index (χ0n) is 22.3. The van der Waals surface area contributed by atoms with Crippen molar-refractivity contribution < 1.29 is 14.3 Å². The van der Waals surface area contributed by atoms with Gasteiger partial charge >= 0.3 is 0 Å². The van der Waals surface area contributed by atoms with Crippen LogP contribution in [0.2, 0.25) is 5.02 Å². The number of carbonyl (C=O) groups is 2. The average Bonchev–Trinajstić information content (AvgIpc) is 2.88. The summed E-state index contributed by atoms with van der Waals surface area (Å²) in [7, 11) is 2.07. The first-order valence-electron chi connectivity index (χ1n) is 13.3. The van der Waals surface area contributed by atoms with E-state index in [9.17, 15) is 9.59 Å². The number of benzene rings is 2. The van der Waals surface area contributed by atoms with E-state index in [-0.39, 0.29) is 35.8 Å². The van der Waals surface area contributed by atoms with Crippen LogP contribution in [0.25, 0.3) is 0 Å². The van der Waals surface area contributed by atoms with E-state index < -0.39 is 0 Å². The quantitative estimate of drug-likeness (QED) is 0.549. The number of carbonyl (C=O) groups excluding carboxylic acids is 2. The van der Waals surface area contributed by atoms with Gasteiger partial charge in [-0.2, -0.15) is 0 Å². The highest BCUT2D eigenvalue weighted by Crippen LogP contribution is 2.35. The molecule has 8 heteroatoms. The van der Waals surface area contributed by atoms with Gasteiger partial charge in [0.1, 0.15) is 6.10 Å². The summed E-state index contributed by atoms with van der Waals surface area (Å²) >= 11 is 6.06. The Bertz CT molecular complexity index is 1090. The minimum atomic E-state index is -0.178. The first kappa shape index (κ1) is 27.4. The SMILES string of the molecule is CC1CN(C(C)C)C(=O)c2cccc(NC(=O)C3CCNCC3)c2OC1CN(C)Cc1ccc(Cl)cc1. The zero-order valence-corrected chi connectivity index (χ0v) is 23.1. The largest absolute Gasteiger partial charge is 0.486 e. The van der Waals surface area contributed by atoms with E-state index in [1.807, 2.05) is 55.1 Å². The first-order chi connectivity index (χ1) is 17.7. The van der Waals surface area contributed by atoms with Crippen molar-refractivity contribution in [1.82, 2.24) is 15.1 Å². The monoisotopic (exact) mass is 526 g/mol. The van der Waals surface area contributed by atoms with Crippen molar-refractivity contribution in [2.24, 2.45) is 11.8 Å². The summed E-state index contributed by atoms with van der Waals surface area (Å²) in [5.41, 5.74) is 2.23. The van der Waals surface area contributed by atoms with Gasteiger partial charge in [0.15, 0.2) is 5.75 Å². The zero-order chi connectivity index (χ0) is 26.5. The predicted molar refractivity (Wildman–Crippen MR) is 148 cm³/mol. The number of piperidine rings is 1. The molecule has 200 valence electrons. The minimum absolute atomic E-state index is 0.0156. The van der Waals surface area contributed by atoms with E-state index in [4.69, 9.17) is 16.3 Å². The molecular formula is C29H39ClN4O3. The second kappa shape index (κ2) is 12.3. The molecule has 1 fully saturated rings. The van der Waals surface area contributed by atoms with E-state index in [1.165, 1.54) is 5.56 Å². The third kappa shape index (κ3) is 6.83. The molecule has 0 aromatic heterocycles. The highest BCUT2D eigenvalue weighted by atomic mass is 35.5. The van der Waals surface area contributed by atoms with Crippen molar-refractivity contribution in [3.63, 3.8) is 0 Å². The molecule has 1 saturated heterocycles. The number of fused-ring (bicyclic) bond motifs is 1. The van der Waals surface area contributed by atoms with Gasteiger partial charge in [-0.05, 0) is 76.7 Å². The molecule has 0 radical (unpaired) electrons. The Hall–Kier alpha value is -2.61. The van der Waals surface area contributed by atoms with Gasteiger partial charge in [0.2, 0.25) is 5.91 Å². The van der Waals surface area contributed by atoms with Crippen LogP contribution in [-0.4, -0.2) is 67.0 Å². The summed E-state index contributed by atoms with van der Waals surface area (Å²) in [6.07, 6.45) is 1.43. The molecule has 2 atom stereocenters. The van der Waals surface area contributed by atoms with Crippen molar-refractivity contribution in [3.05, 3.63) is 58.6 Å². The lowest BCUT2D eigenvalue weighted by Gasteiger charge is -2.38. The Balaban J connectivity index is 1.61. The molecule has 4 rings (SSSR count). The minimum Gasteiger partial charge on any atom is -0.486 e. The number of nitrogens with zero attached hydrogens (tertiary/aromatic N) is 2. The van der Waals surface area contributed by atoms with Gasteiger partial charge in [-0.15, -0.1) is 0 Å². The second-order valence-corrected chi connectivity index (χ2v) is 11.1. The molecule has 0 saturated carbocycles. The van der Waals surface area contributed by atoms with Crippen LogP contribution in [0.4, 0.5) is 5.69 Å². The van der Waals surface area contributed by atoms with E-state index in [2.05, 4.69) is 29.5 Å². The summed E-state index contributed by atoms with van der Waals surface area (Å²) in [6, 6.07) is 13.4. The number of amides is 2. The lowest BCUT2D eigenvalue weighted by atomic mass is 9.96. The maximum atomic E-state index is 13.6. The van der Waals surface area contributed by atoms with Gasteiger partial charge in [-0.3, -0.25) is 14.5 Å². The molecule has 0 bridgehead atoms. The molecule has 2 aliphatic heterocycles. The van der Waals surface area contributed by atoms with Gasteiger partial charge in [0, 0.05) is 42.5 Å². The summed E-state index contributed by atoms with van der Waals surface area (Å²) in [5, 5.41) is 7.12. The highest BCUT2D eigenvalue weighted by Gasteiger charge is 2.34. The van der Waals surface area contributed by atoms with Crippen LogP contribution in [0.5, 0.6) is 5.75 Å². The third-order valence-corrected chi connectivity index (χ3v) is 7.60. The van der Waals surface area contributed by atoms with Crippen molar-refractivity contribution in [2.45, 2.75) is 52.3 Å². The van der Waals surface area contributed by atoms with E-state index in [0.717, 1.165) is 37.5 Å². The lowest BCUT2D eigenvalue weighted by Crippen LogP contribution is -2.48. The smallest absolute Gasteiger partial charge is 0.257 e. The first-order valence-corrected chi connectivity index (χ1v) is 13.7. The summed E-state index contributed by atoms with van der Waals surface area (Å²) in [4.78, 5) is 30.9. The molecule has 0 spiro atoms. The number of hydrogen-bond acceptors (Lipinski definition) is 5. The van der Waals surface area contributed by atoms with Gasteiger partial charge in [-0.1, -0.05) is 36.7 Å². The number of anilines is 1. The number of hydrogen-bond donors (Lipinski definition) is 2. The molecule has 2 unspecified atom stereocenters. The molecule has 0 aliphatic carbocycles. The highest BCUT2D eigenvalue weighted by molar-refractivity contribution is 6.30. The Kier molecular flexibility index (Phi) is 9.11. The van der Waals surface area contributed by atoms with Crippen LogP contribution in [0.15, 0.2) is 42.5 Å². The fraction of sp³-hybridized carbons (Fsp3) is 0.517. The Morgan fingerprint density at radius 3 is 2.57 bits per heavy atom. The lowest BCUT2D eigenvalue weighted by molar-refractivity contribution is -0.120. The van der Waals surface area contributed by atoms with Crippen molar-refractivity contribution in [2.75, 3.05) is 38.5 Å². The molecule has 2 N–H and O–H groups in total. The van der Waals surface area contributed by atoms with Gasteiger partial charge < -0.3 is 20.3 Å². The number of rotatable bonds is 7. The summed E-state index contributed by atoms with van der Waals surface area (Å²) in [6.45, 7) is 9.89. The number of ether oxygens (including phenoxy) is 1. The molecule has 2 heterocycles. The van der Waals surface area contributed by atoms with Gasteiger partial charge in [0.05, 0.1) is 11.3 Å². The van der Waals surface area contributed by atoms with E-state index in [0.29, 0.717) is 30.1 Å². The number of nitrogens with one attached hydrogen (secondary N) is 2. The number of likely N-dealkylation sites (N-methyl/N-ethyl adjacent to an activating group) is 1. The molecule has 2 amide bonds. The van der Waals surface area contributed by atoms with E-state index in [1.54, 1.807) is 6.07 Å². The van der Waals surface area contributed by atoms with E-state index >= 15 is 0 Å². The third-order valence-electron chi connectivity index (χ3n) is 7.34. The van der Waals surface area contributed by atoms with Crippen LogP contribution in [0, 0.1) is 11.8 Å². The number of halogens is 1. The van der Waals surface area contributed by atoms with Crippen LogP contribution < -0.4 is 15.4 Å². The molecule has 2 aromatic carbocycles. The fourth-order valence-corrected chi connectivity index (χ4v) is 5.24. The van der Waals surface area contributed by atoms with Crippen molar-refractivity contribution >= 4 is 29.1 Å². The normalized spacial score (nSPS) is 20.8. The summed E-state index contributed by atoms with van der Waals surface area (Å²) < 4.78 is 6.66. The second-order valence-electron chi connectivity index (χ2n) is 10.7. The molecular weight excluding hydrogens is 488 g/mol. The van der Waals surface area contributed by atoms with Crippen LogP contribution in [0.3, 0.4) is 0 Å². The van der Waals surface area contributed by atoms with Gasteiger partial charge in [0.25, 0.3) is 5.91 Å². The standard InChI is InChI=1S/C29H39ClN4O3/c1-19(2)34-16-20(3)26(18-33(4)17-21-8-10-23(30)11-9-21)37-27-24(29(34)36)6-5-7-25(27)32-28(35)22-12-14-31-15-13-22/h5-11,19-20,22,26,31H,12-18H2,1-4H3,(H,32,35). The Morgan fingerprint density at radius 1 is 1.19 bits per heavy atom. The maximum Gasteiger partial charge on any atom is 0.257 e. The summed E-state index contributed by atoms with van der Waals surface area (Å²) in [5.74, 6) is 0.423. The Morgan fingerprint density at radius 2 is 1.89 bits per heavy atom. The van der Waals surface area contributed by atoms with Crippen LogP contribution in [-0.2, 0) is 11.3 Å². The van der Waals surface area contributed by atoms with Crippen molar-refractivity contribution in [3.8, 4) is 5.75 Å². The molecule has 37 heavy (non-hydrogen) atoms. The fourth-order valence-electron chi connectivity index (χ4n) is 5.12. The topological polar surface area (TPSA) is 73.9 Å². The average molecular weight is 527 g/mol. The Labute approximate surface area is 225 Å². The van der Waals surface area contributed by atoms with Gasteiger partial charge in [-0.25, -0.2) is 0 Å². The maximum absolute atomic E-state index is 13.6. The van der Waals surface area contributed by atoms with Crippen LogP contribution in [0.1, 0.15) is 49.5 Å². The van der Waals surface area contributed by atoms with Crippen LogP contribution >= 0.6 is 11.6 Å². The molecule has 2 aliphatic rings. The molecule has 7 nitrogen and oxygen atoms in total. The molecule has 2 aromatic rings.